The zero-order valence-corrected chi connectivity index (χ0v) is 20.8. The van der Waals surface area contributed by atoms with E-state index in [2.05, 4.69) is 24.3 Å². The Kier molecular flexibility index (Phi) is 7.26. The van der Waals surface area contributed by atoms with Crippen LogP contribution in [0.2, 0.25) is 5.02 Å². The highest BCUT2D eigenvalue weighted by Crippen LogP contribution is 2.32. The lowest BCUT2D eigenvalue weighted by Gasteiger charge is -2.13. The first-order chi connectivity index (χ1) is 17.6. The maximum Gasteiger partial charge on any atom is 0.293 e. The van der Waals surface area contributed by atoms with Gasteiger partial charge in [-0.05, 0) is 76.1 Å². The quantitative estimate of drug-likeness (QED) is 0.232. The molecule has 180 valence electrons. The van der Waals surface area contributed by atoms with E-state index in [9.17, 15) is 9.59 Å². The number of hydrogen-bond acceptors (Lipinski definition) is 5. The zero-order valence-electron chi connectivity index (χ0n) is 19.2. The third kappa shape index (κ3) is 5.56. The van der Waals surface area contributed by atoms with E-state index in [0.717, 1.165) is 28.3 Å². The first kappa shape index (κ1) is 24.0. The Morgan fingerprint density at radius 2 is 1.61 bits per heavy atom. The van der Waals surface area contributed by atoms with Crippen LogP contribution in [-0.4, -0.2) is 29.2 Å². The van der Waals surface area contributed by atoms with E-state index in [0.29, 0.717) is 28.0 Å². The van der Waals surface area contributed by atoms with Gasteiger partial charge in [0, 0.05) is 5.02 Å². The molecule has 1 fully saturated rings. The number of amides is 2. The lowest BCUT2D eigenvalue weighted by molar-refractivity contribution is -0.123. The van der Waals surface area contributed by atoms with Gasteiger partial charge in [0.25, 0.3) is 11.1 Å². The Morgan fingerprint density at radius 3 is 2.47 bits per heavy atom. The van der Waals surface area contributed by atoms with Crippen LogP contribution >= 0.6 is 23.4 Å². The summed E-state index contributed by atoms with van der Waals surface area (Å²) in [7, 11) is 0. The SMILES string of the molecule is O=C1S/C(=C\c2cccc(OCc3cccc4ccccc34)c2)C(=O)N1CCOc1ccc(Cl)cc1. The minimum Gasteiger partial charge on any atom is -0.492 e. The van der Waals surface area contributed by atoms with Crippen molar-refractivity contribution in [3.63, 3.8) is 0 Å². The van der Waals surface area contributed by atoms with Crippen molar-refractivity contribution in [3.05, 3.63) is 112 Å². The van der Waals surface area contributed by atoms with Gasteiger partial charge in [0.15, 0.2) is 0 Å². The monoisotopic (exact) mass is 515 g/mol. The van der Waals surface area contributed by atoms with Gasteiger partial charge in [0.2, 0.25) is 0 Å². The van der Waals surface area contributed by atoms with Crippen LogP contribution in [0.4, 0.5) is 4.79 Å². The number of carbonyl (C=O) groups is 2. The average Bonchev–Trinajstić information content (AvgIpc) is 3.16. The van der Waals surface area contributed by atoms with Crippen LogP contribution in [-0.2, 0) is 11.4 Å². The Balaban J connectivity index is 1.22. The fourth-order valence-corrected chi connectivity index (χ4v) is 4.89. The smallest absolute Gasteiger partial charge is 0.293 e. The van der Waals surface area contributed by atoms with Crippen molar-refractivity contribution in [3.8, 4) is 11.5 Å². The number of halogens is 1. The Morgan fingerprint density at radius 1 is 0.833 bits per heavy atom. The summed E-state index contributed by atoms with van der Waals surface area (Å²) in [5, 5.41) is 2.63. The molecule has 0 radical (unpaired) electrons. The molecule has 0 bridgehead atoms. The van der Waals surface area contributed by atoms with E-state index < -0.39 is 0 Å². The number of thioether (sulfide) groups is 1. The molecule has 0 atom stereocenters. The van der Waals surface area contributed by atoms with Crippen molar-refractivity contribution in [1.29, 1.82) is 0 Å². The summed E-state index contributed by atoms with van der Waals surface area (Å²) in [5.41, 5.74) is 1.88. The number of nitrogens with zero attached hydrogens (tertiary/aromatic N) is 1. The molecule has 1 saturated heterocycles. The predicted octanol–water partition coefficient (Wildman–Crippen LogP) is 7.19. The zero-order chi connectivity index (χ0) is 24.9. The van der Waals surface area contributed by atoms with Crippen molar-refractivity contribution in [2.75, 3.05) is 13.2 Å². The van der Waals surface area contributed by atoms with Gasteiger partial charge in [-0.25, -0.2) is 0 Å². The molecule has 4 aromatic carbocycles. The van der Waals surface area contributed by atoms with E-state index in [1.165, 1.54) is 10.3 Å². The Bertz CT molecular complexity index is 1450. The van der Waals surface area contributed by atoms with Gasteiger partial charge in [-0.3, -0.25) is 14.5 Å². The molecular formula is C29H22ClNO4S. The molecule has 36 heavy (non-hydrogen) atoms. The lowest BCUT2D eigenvalue weighted by atomic mass is 10.1. The summed E-state index contributed by atoms with van der Waals surface area (Å²) in [6.07, 6.45) is 1.72. The molecule has 1 heterocycles. The summed E-state index contributed by atoms with van der Waals surface area (Å²) in [5.74, 6) is 0.987. The Hall–Kier alpha value is -3.74. The second kappa shape index (κ2) is 10.9. The van der Waals surface area contributed by atoms with Crippen LogP contribution in [0.5, 0.6) is 11.5 Å². The van der Waals surface area contributed by atoms with Crippen LogP contribution in [0, 0.1) is 0 Å². The van der Waals surface area contributed by atoms with E-state index in [1.54, 1.807) is 30.3 Å². The molecule has 2 amide bonds. The second-order valence-electron chi connectivity index (χ2n) is 8.14. The van der Waals surface area contributed by atoms with Gasteiger partial charge in [-0.15, -0.1) is 0 Å². The number of carbonyl (C=O) groups excluding carboxylic acids is 2. The van der Waals surface area contributed by atoms with Crippen LogP contribution in [0.1, 0.15) is 11.1 Å². The first-order valence-corrected chi connectivity index (χ1v) is 12.6. The number of ether oxygens (including phenoxy) is 2. The maximum absolute atomic E-state index is 12.8. The van der Waals surface area contributed by atoms with Crippen molar-refractivity contribution in [1.82, 2.24) is 4.90 Å². The van der Waals surface area contributed by atoms with E-state index >= 15 is 0 Å². The normalized spacial score (nSPS) is 14.6. The largest absolute Gasteiger partial charge is 0.492 e. The average molecular weight is 516 g/mol. The van der Waals surface area contributed by atoms with E-state index in [4.69, 9.17) is 21.1 Å². The molecule has 5 nitrogen and oxygen atoms in total. The number of rotatable bonds is 8. The van der Waals surface area contributed by atoms with E-state index in [-0.39, 0.29) is 24.3 Å². The fraction of sp³-hybridized carbons (Fsp3) is 0.103. The van der Waals surface area contributed by atoms with Gasteiger partial charge in [-0.1, -0.05) is 66.2 Å². The van der Waals surface area contributed by atoms with Gasteiger partial charge < -0.3 is 9.47 Å². The third-order valence-corrected chi connectivity index (χ3v) is 6.86. The Labute approximate surface area is 218 Å². The maximum atomic E-state index is 12.8. The van der Waals surface area contributed by atoms with Crippen molar-refractivity contribution in [2.45, 2.75) is 6.61 Å². The highest BCUT2D eigenvalue weighted by Gasteiger charge is 2.34. The van der Waals surface area contributed by atoms with Crippen LogP contribution < -0.4 is 9.47 Å². The predicted molar refractivity (Wildman–Crippen MR) is 144 cm³/mol. The van der Waals surface area contributed by atoms with Crippen molar-refractivity contribution in [2.24, 2.45) is 0 Å². The summed E-state index contributed by atoms with van der Waals surface area (Å²) in [6.45, 7) is 0.790. The van der Waals surface area contributed by atoms with Crippen LogP contribution in [0.15, 0.2) is 95.9 Å². The number of fused-ring (bicyclic) bond motifs is 1. The minimum absolute atomic E-state index is 0.165. The number of imide groups is 1. The molecule has 4 aromatic rings. The molecular weight excluding hydrogens is 494 g/mol. The summed E-state index contributed by atoms with van der Waals surface area (Å²) in [4.78, 5) is 26.8. The lowest BCUT2D eigenvalue weighted by Crippen LogP contribution is -2.32. The molecule has 0 spiro atoms. The molecule has 0 saturated carbocycles. The third-order valence-electron chi connectivity index (χ3n) is 5.70. The van der Waals surface area contributed by atoms with Gasteiger partial charge in [0.1, 0.15) is 24.7 Å². The molecule has 5 rings (SSSR count). The van der Waals surface area contributed by atoms with Gasteiger partial charge in [-0.2, -0.15) is 0 Å². The van der Waals surface area contributed by atoms with Crippen LogP contribution in [0.25, 0.3) is 16.8 Å². The second-order valence-corrected chi connectivity index (χ2v) is 9.56. The molecule has 0 unspecified atom stereocenters. The summed E-state index contributed by atoms with van der Waals surface area (Å²) < 4.78 is 11.7. The molecule has 7 heteroatoms. The summed E-state index contributed by atoms with van der Waals surface area (Å²) in [6, 6.07) is 28.8. The topological polar surface area (TPSA) is 55.8 Å². The molecule has 1 aliphatic heterocycles. The number of benzene rings is 4. The van der Waals surface area contributed by atoms with Gasteiger partial charge >= 0.3 is 0 Å². The van der Waals surface area contributed by atoms with E-state index in [1.807, 2.05) is 42.5 Å². The highest BCUT2D eigenvalue weighted by atomic mass is 35.5. The highest BCUT2D eigenvalue weighted by molar-refractivity contribution is 8.18. The standard InChI is InChI=1S/C29H22ClNO4S/c30-23-11-13-24(14-12-23)34-16-15-31-28(32)27(36-29(31)33)18-20-5-3-9-25(17-20)35-19-22-8-4-7-21-6-1-2-10-26(21)22/h1-14,17-18H,15-16,19H2/b27-18-. The summed E-state index contributed by atoms with van der Waals surface area (Å²) >= 11 is 6.80. The molecule has 0 aliphatic carbocycles. The van der Waals surface area contributed by atoms with Crippen molar-refractivity contribution >= 4 is 51.4 Å². The first-order valence-electron chi connectivity index (χ1n) is 11.4. The molecule has 0 aromatic heterocycles. The fourth-order valence-electron chi connectivity index (χ4n) is 3.90. The van der Waals surface area contributed by atoms with Crippen LogP contribution in [0.3, 0.4) is 0 Å². The van der Waals surface area contributed by atoms with Gasteiger partial charge in [0.05, 0.1) is 11.4 Å². The van der Waals surface area contributed by atoms with Crippen molar-refractivity contribution < 1.29 is 19.1 Å². The molecule has 1 aliphatic rings. The number of hydrogen-bond donors (Lipinski definition) is 0. The minimum atomic E-state index is -0.327. The molecule has 0 N–H and O–H groups in total.